The van der Waals surface area contributed by atoms with E-state index in [0.717, 1.165) is 17.7 Å². The summed E-state index contributed by atoms with van der Waals surface area (Å²) in [7, 11) is -4.16. The lowest BCUT2D eigenvalue weighted by molar-refractivity contribution is -0.137. The second-order valence-corrected chi connectivity index (χ2v) is 8.74. The summed E-state index contributed by atoms with van der Waals surface area (Å²) >= 11 is 5.55. The molecule has 162 valence electrons. The van der Waals surface area contributed by atoms with Crippen LogP contribution in [-0.2, 0) is 16.2 Å². The number of aryl methyl sites for hydroxylation is 1. The molecule has 0 atom stereocenters. The van der Waals surface area contributed by atoms with Gasteiger partial charge in [0.1, 0.15) is 0 Å². The molecule has 0 unspecified atom stereocenters. The Labute approximate surface area is 181 Å². The standard InChI is InChI=1S/C21H16ClF3N2O3S/c1-13-3-2-4-14(11-13)20(28)26-15-5-8-17(9-6-15)31(29,30)27-16-7-10-19(22)18(12-16)21(23,24)25/h2-12,27H,1H3,(H,26,28). The highest BCUT2D eigenvalue weighted by Crippen LogP contribution is 2.36. The molecule has 3 aromatic rings. The SMILES string of the molecule is Cc1cccc(C(=O)Nc2ccc(S(=O)(=O)Nc3ccc(Cl)c(C(F)(F)F)c3)cc2)c1. The van der Waals surface area contributed by atoms with Crippen molar-refractivity contribution in [3.63, 3.8) is 0 Å². The monoisotopic (exact) mass is 468 g/mol. The third-order valence-corrected chi connectivity index (χ3v) is 5.95. The van der Waals surface area contributed by atoms with Crippen molar-refractivity contribution in [2.75, 3.05) is 10.0 Å². The van der Waals surface area contributed by atoms with Gasteiger partial charge in [-0.1, -0.05) is 29.3 Å². The van der Waals surface area contributed by atoms with E-state index >= 15 is 0 Å². The summed E-state index contributed by atoms with van der Waals surface area (Å²) in [5.74, 6) is -0.363. The van der Waals surface area contributed by atoms with E-state index in [1.807, 2.05) is 13.0 Å². The molecule has 0 saturated heterocycles. The third-order valence-electron chi connectivity index (χ3n) is 4.23. The molecule has 3 aromatic carbocycles. The fraction of sp³-hybridized carbons (Fsp3) is 0.0952. The molecule has 0 fully saturated rings. The highest BCUT2D eigenvalue weighted by atomic mass is 35.5. The van der Waals surface area contributed by atoms with Crippen LogP contribution in [-0.4, -0.2) is 14.3 Å². The van der Waals surface area contributed by atoms with Crippen LogP contribution in [0.5, 0.6) is 0 Å². The Kier molecular flexibility index (Phi) is 6.28. The maximum absolute atomic E-state index is 13.0. The van der Waals surface area contributed by atoms with Crippen LogP contribution in [0, 0.1) is 6.92 Å². The summed E-state index contributed by atoms with van der Waals surface area (Å²) in [6.45, 7) is 1.85. The van der Waals surface area contributed by atoms with Crippen LogP contribution in [0.1, 0.15) is 21.5 Å². The van der Waals surface area contributed by atoms with Crippen molar-refractivity contribution in [2.24, 2.45) is 0 Å². The quantitative estimate of drug-likeness (QED) is 0.503. The number of nitrogens with one attached hydrogen (secondary N) is 2. The average molecular weight is 469 g/mol. The van der Waals surface area contributed by atoms with Gasteiger partial charge in [0.15, 0.2) is 0 Å². The number of alkyl halides is 3. The predicted octanol–water partition coefficient (Wildman–Crippen LogP) is 5.72. The number of carbonyl (C=O) groups excluding carboxylic acids is 1. The zero-order valence-electron chi connectivity index (χ0n) is 16.0. The number of benzene rings is 3. The summed E-state index contributed by atoms with van der Waals surface area (Å²) < 4.78 is 66.1. The van der Waals surface area contributed by atoms with Crippen molar-refractivity contribution in [3.8, 4) is 0 Å². The van der Waals surface area contributed by atoms with E-state index in [-0.39, 0.29) is 16.5 Å². The number of carbonyl (C=O) groups is 1. The van der Waals surface area contributed by atoms with Crippen LogP contribution in [0.3, 0.4) is 0 Å². The number of sulfonamides is 1. The van der Waals surface area contributed by atoms with Crippen molar-refractivity contribution in [3.05, 3.63) is 88.4 Å². The van der Waals surface area contributed by atoms with E-state index in [0.29, 0.717) is 17.3 Å². The van der Waals surface area contributed by atoms with Crippen LogP contribution < -0.4 is 10.0 Å². The van der Waals surface area contributed by atoms with Gasteiger partial charge in [0.2, 0.25) is 0 Å². The molecule has 0 radical (unpaired) electrons. The Morgan fingerprint density at radius 1 is 0.935 bits per heavy atom. The van der Waals surface area contributed by atoms with Gasteiger partial charge in [0.25, 0.3) is 15.9 Å². The molecule has 0 aliphatic heterocycles. The first kappa shape index (κ1) is 22.6. The average Bonchev–Trinajstić information content (AvgIpc) is 2.69. The second kappa shape index (κ2) is 8.60. The lowest BCUT2D eigenvalue weighted by Gasteiger charge is -2.13. The highest BCUT2D eigenvalue weighted by Gasteiger charge is 2.33. The topological polar surface area (TPSA) is 75.3 Å². The van der Waals surface area contributed by atoms with Gasteiger partial charge in [-0.2, -0.15) is 13.2 Å². The first-order valence-electron chi connectivity index (χ1n) is 8.83. The molecular weight excluding hydrogens is 453 g/mol. The fourth-order valence-corrected chi connectivity index (χ4v) is 4.00. The number of amides is 1. The highest BCUT2D eigenvalue weighted by molar-refractivity contribution is 7.92. The van der Waals surface area contributed by atoms with Gasteiger partial charge in [0, 0.05) is 16.9 Å². The number of rotatable bonds is 5. The molecule has 0 aliphatic carbocycles. The predicted molar refractivity (Wildman–Crippen MR) is 113 cm³/mol. The van der Waals surface area contributed by atoms with Crippen molar-refractivity contribution in [2.45, 2.75) is 18.0 Å². The molecule has 0 saturated carbocycles. The Bertz CT molecular complexity index is 1230. The van der Waals surface area contributed by atoms with Crippen LogP contribution in [0.2, 0.25) is 5.02 Å². The molecule has 0 heterocycles. The largest absolute Gasteiger partial charge is 0.417 e. The Morgan fingerprint density at radius 3 is 2.19 bits per heavy atom. The zero-order chi connectivity index (χ0) is 22.8. The van der Waals surface area contributed by atoms with Gasteiger partial charge in [-0.15, -0.1) is 0 Å². The minimum Gasteiger partial charge on any atom is -0.322 e. The van der Waals surface area contributed by atoms with E-state index < -0.39 is 26.8 Å². The molecular formula is C21H16ClF3N2O3S. The minimum atomic E-state index is -4.73. The first-order valence-corrected chi connectivity index (χ1v) is 10.7. The zero-order valence-corrected chi connectivity index (χ0v) is 17.6. The molecule has 1 amide bonds. The van der Waals surface area contributed by atoms with Crippen LogP contribution in [0.25, 0.3) is 0 Å². The fourth-order valence-electron chi connectivity index (χ4n) is 2.73. The molecule has 0 bridgehead atoms. The van der Waals surface area contributed by atoms with Crippen LogP contribution in [0.4, 0.5) is 24.5 Å². The van der Waals surface area contributed by atoms with Crippen molar-refractivity contribution >= 4 is 38.9 Å². The number of hydrogen-bond acceptors (Lipinski definition) is 3. The normalized spacial score (nSPS) is 11.8. The molecule has 2 N–H and O–H groups in total. The molecule has 0 spiro atoms. The second-order valence-electron chi connectivity index (χ2n) is 6.65. The van der Waals surface area contributed by atoms with E-state index in [1.165, 1.54) is 24.3 Å². The van der Waals surface area contributed by atoms with Crippen LogP contribution in [0.15, 0.2) is 71.6 Å². The third kappa shape index (κ3) is 5.56. The summed E-state index contributed by atoms with van der Waals surface area (Å²) in [5.41, 5.74) is 0.283. The lowest BCUT2D eigenvalue weighted by Crippen LogP contribution is -2.15. The van der Waals surface area contributed by atoms with E-state index in [1.54, 1.807) is 18.2 Å². The smallest absolute Gasteiger partial charge is 0.322 e. The maximum Gasteiger partial charge on any atom is 0.417 e. The Hall–Kier alpha value is -3.04. The van der Waals surface area contributed by atoms with Crippen molar-refractivity contribution in [1.82, 2.24) is 0 Å². The summed E-state index contributed by atoms with van der Waals surface area (Å²) in [6, 6.07) is 14.9. The summed E-state index contributed by atoms with van der Waals surface area (Å²) in [5, 5.41) is 2.11. The number of hydrogen-bond donors (Lipinski definition) is 2. The number of anilines is 2. The maximum atomic E-state index is 13.0. The Balaban J connectivity index is 1.76. The summed E-state index contributed by atoms with van der Waals surface area (Å²) in [6.07, 6.45) is -4.73. The van der Waals surface area contributed by atoms with Gasteiger partial charge in [-0.05, 0) is 61.5 Å². The minimum absolute atomic E-state index is 0.190. The van der Waals surface area contributed by atoms with E-state index in [9.17, 15) is 26.4 Å². The van der Waals surface area contributed by atoms with Gasteiger partial charge in [-0.25, -0.2) is 8.42 Å². The van der Waals surface area contributed by atoms with E-state index in [4.69, 9.17) is 11.6 Å². The van der Waals surface area contributed by atoms with Crippen molar-refractivity contribution in [1.29, 1.82) is 0 Å². The molecule has 0 aliphatic rings. The van der Waals surface area contributed by atoms with Crippen molar-refractivity contribution < 1.29 is 26.4 Å². The summed E-state index contributed by atoms with van der Waals surface area (Å²) in [4.78, 5) is 12.1. The molecule has 5 nitrogen and oxygen atoms in total. The lowest BCUT2D eigenvalue weighted by atomic mass is 10.1. The molecule has 10 heteroatoms. The molecule has 0 aromatic heterocycles. The molecule has 3 rings (SSSR count). The van der Waals surface area contributed by atoms with Crippen LogP contribution >= 0.6 is 11.6 Å². The first-order chi connectivity index (χ1) is 14.5. The van der Waals surface area contributed by atoms with Gasteiger partial charge >= 0.3 is 6.18 Å². The van der Waals surface area contributed by atoms with Gasteiger partial charge < -0.3 is 5.32 Å². The van der Waals surface area contributed by atoms with Gasteiger partial charge in [-0.3, -0.25) is 9.52 Å². The molecule has 31 heavy (non-hydrogen) atoms. The van der Waals surface area contributed by atoms with Gasteiger partial charge in [0.05, 0.1) is 15.5 Å². The number of halogens is 4. The van der Waals surface area contributed by atoms with E-state index in [2.05, 4.69) is 10.0 Å². The Morgan fingerprint density at radius 2 is 1.58 bits per heavy atom.